The average Bonchev–Trinajstić information content (AvgIpc) is 2.40. The lowest BCUT2D eigenvalue weighted by Gasteiger charge is -2.47. The zero-order chi connectivity index (χ0) is 14.1. The van der Waals surface area contributed by atoms with E-state index in [1.165, 1.54) is 25.3 Å². The van der Waals surface area contributed by atoms with E-state index in [4.69, 9.17) is 0 Å². The Hall–Kier alpha value is -1.69. The van der Waals surface area contributed by atoms with Crippen LogP contribution in [0.15, 0.2) is 18.3 Å². The van der Waals surface area contributed by atoms with Crippen molar-refractivity contribution in [1.82, 2.24) is 9.88 Å². The molecule has 2 saturated heterocycles. The molecule has 0 radical (unpaired) electrons. The maximum absolute atomic E-state index is 11.0. The van der Waals surface area contributed by atoms with Crippen LogP contribution in [-0.2, 0) is 0 Å². The number of hydrogen-bond acceptors (Lipinski definition) is 5. The topological polar surface area (TPSA) is 71.3 Å². The predicted octanol–water partition coefficient (Wildman–Crippen LogP) is 2.42. The molecule has 3 rings (SSSR count). The van der Waals surface area contributed by atoms with Crippen molar-refractivity contribution in [2.24, 2.45) is 0 Å². The van der Waals surface area contributed by atoms with Crippen LogP contribution in [0, 0.1) is 10.1 Å². The van der Waals surface area contributed by atoms with Crippen LogP contribution >= 0.6 is 0 Å². The quantitative estimate of drug-likeness (QED) is 0.678. The van der Waals surface area contributed by atoms with Gasteiger partial charge in [0.05, 0.1) is 4.92 Å². The first-order chi connectivity index (χ1) is 9.65. The fourth-order valence-electron chi connectivity index (χ4n) is 3.58. The molecule has 0 aliphatic carbocycles. The van der Waals surface area contributed by atoms with Gasteiger partial charge in [-0.2, -0.15) is 0 Å². The Morgan fingerprint density at radius 2 is 2.10 bits per heavy atom. The third-order valence-corrected chi connectivity index (χ3v) is 4.66. The molecular weight excluding hydrogens is 256 g/mol. The molecule has 2 atom stereocenters. The van der Waals surface area contributed by atoms with E-state index in [0.29, 0.717) is 17.9 Å². The number of nitrogens with one attached hydrogen (secondary N) is 1. The van der Waals surface area contributed by atoms with Crippen molar-refractivity contribution in [2.45, 2.75) is 50.2 Å². The summed E-state index contributed by atoms with van der Waals surface area (Å²) in [4.78, 5) is 17.3. The van der Waals surface area contributed by atoms with Gasteiger partial charge in [-0.15, -0.1) is 0 Å². The fourth-order valence-corrected chi connectivity index (χ4v) is 3.58. The van der Waals surface area contributed by atoms with Crippen LogP contribution in [0.25, 0.3) is 0 Å². The van der Waals surface area contributed by atoms with Crippen LogP contribution in [0.3, 0.4) is 0 Å². The van der Waals surface area contributed by atoms with Crippen molar-refractivity contribution in [3.8, 4) is 0 Å². The number of piperidine rings is 2. The lowest BCUT2D eigenvalue weighted by molar-refractivity contribution is -0.384. The summed E-state index contributed by atoms with van der Waals surface area (Å²) in [5, 5.41) is 14.3. The summed E-state index contributed by atoms with van der Waals surface area (Å²) >= 11 is 0. The van der Waals surface area contributed by atoms with E-state index >= 15 is 0 Å². The number of aromatic nitrogens is 1. The van der Waals surface area contributed by atoms with Crippen LogP contribution < -0.4 is 5.32 Å². The van der Waals surface area contributed by atoms with Crippen molar-refractivity contribution in [3.63, 3.8) is 0 Å². The summed E-state index contributed by atoms with van der Waals surface area (Å²) in [7, 11) is 2.20. The maximum atomic E-state index is 11.0. The number of hydrogen-bond donors (Lipinski definition) is 1. The lowest BCUT2D eigenvalue weighted by Crippen LogP contribution is -2.52. The minimum Gasteiger partial charge on any atom is -0.361 e. The largest absolute Gasteiger partial charge is 0.361 e. The SMILES string of the molecule is CN1C2CCCC1CC(Nc1ncccc1[N+](=O)[O-])C2. The maximum Gasteiger partial charge on any atom is 0.311 e. The highest BCUT2D eigenvalue weighted by atomic mass is 16.6. The summed E-state index contributed by atoms with van der Waals surface area (Å²) in [6.07, 6.45) is 7.45. The number of anilines is 1. The van der Waals surface area contributed by atoms with Gasteiger partial charge < -0.3 is 10.2 Å². The first-order valence-corrected chi connectivity index (χ1v) is 7.23. The van der Waals surface area contributed by atoms with Crippen molar-refractivity contribution in [1.29, 1.82) is 0 Å². The standard InChI is InChI=1S/C14H20N4O2/c1-17-11-4-2-5-12(17)9-10(8-11)16-14-13(18(19)20)6-3-7-15-14/h3,6-7,10-12H,2,4-5,8-9H2,1H3,(H,15,16). The van der Waals surface area contributed by atoms with E-state index in [9.17, 15) is 10.1 Å². The zero-order valence-corrected chi connectivity index (χ0v) is 11.7. The molecule has 2 aliphatic heterocycles. The van der Waals surface area contributed by atoms with Crippen LogP contribution in [0.1, 0.15) is 32.1 Å². The van der Waals surface area contributed by atoms with Crippen molar-refractivity contribution in [3.05, 3.63) is 28.4 Å². The Labute approximate surface area is 118 Å². The summed E-state index contributed by atoms with van der Waals surface area (Å²) in [5.74, 6) is 0.408. The molecule has 0 aromatic carbocycles. The third-order valence-electron chi connectivity index (χ3n) is 4.66. The van der Waals surface area contributed by atoms with Crippen LogP contribution in [-0.4, -0.2) is 40.0 Å². The van der Waals surface area contributed by atoms with E-state index < -0.39 is 0 Å². The second kappa shape index (κ2) is 5.36. The second-order valence-electron chi connectivity index (χ2n) is 5.84. The third kappa shape index (κ3) is 2.47. The number of pyridine rings is 1. The highest BCUT2D eigenvalue weighted by Crippen LogP contribution is 2.34. The number of fused-ring (bicyclic) bond motifs is 2. The molecule has 108 valence electrons. The van der Waals surface area contributed by atoms with E-state index in [0.717, 1.165) is 12.8 Å². The smallest absolute Gasteiger partial charge is 0.311 e. The number of rotatable bonds is 3. The molecular formula is C14H20N4O2. The number of nitro groups is 1. The molecule has 2 aliphatic rings. The first kappa shape index (κ1) is 13.3. The molecule has 1 aromatic rings. The Bertz CT molecular complexity index is 494. The summed E-state index contributed by atoms with van der Waals surface area (Å²) in [5.41, 5.74) is 0.0663. The molecule has 2 unspecified atom stereocenters. The van der Waals surface area contributed by atoms with E-state index in [1.54, 1.807) is 12.3 Å². The summed E-state index contributed by atoms with van der Waals surface area (Å²) < 4.78 is 0. The molecule has 2 fully saturated rings. The number of nitrogens with zero attached hydrogens (tertiary/aromatic N) is 3. The van der Waals surface area contributed by atoms with Crippen molar-refractivity contribution in [2.75, 3.05) is 12.4 Å². The predicted molar refractivity (Wildman–Crippen MR) is 76.7 cm³/mol. The van der Waals surface area contributed by atoms with Crippen LogP contribution in [0.4, 0.5) is 11.5 Å². The Balaban J connectivity index is 1.74. The van der Waals surface area contributed by atoms with Crippen molar-refractivity contribution >= 4 is 11.5 Å². The zero-order valence-electron chi connectivity index (χ0n) is 11.7. The molecule has 3 heterocycles. The van der Waals surface area contributed by atoms with Gasteiger partial charge in [-0.1, -0.05) is 6.42 Å². The van der Waals surface area contributed by atoms with Crippen molar-refractivity contribution < 1.29 is 4.92 Å². The Kier molecular flexibility index (Phi) is 3.56. The molecule has 20 heavy (non-hydrogen) atoms. The van der Waals surface area contributed by atoms with Gasteiger partial charge in [0.25, 0.3) is 0 Å². The lowest BCUT2D eigenvalue weighted by atomic mass is 9.82. The molecule has 0 amide bonds. The van der Waals surface area contributed by atoms with Gasteiger partial charge in [-0.3, -0.25) is 10.1 Å². The minimum atomic E-state index is -0.370. The van der Waals surface area contributed by atoms with Gasteiger partial charge in [0.1, 0.15) is 0 Å². The monoisotopic (exact) mass is 276 g/mol. The Morgan fingerprint density at radius 1 is 1.40 bits per heavy atom. The van der Waals surface area contributed by atoms with Gasteiger partial charge in [-0.25, -0.2) is 4.98 Å². The summed E-state index contributed by atoms with van der Waals surface area (Å²) in [6.45, 7) is 0. The summed E-state index contributed by atoms with van der Waals surface area (Å²) in [6, 6.07) is 4.60. The molecule has 0 saturated carbocycles. The molecule has 1 N–H and O–H groups in total. The molecule has 0 spiro atoms. The molecule has 1 aromatic heterocycles. The van der Waals surface area contributed by atoms with E-state index in [2.05, 4.69) is 22.2 Å². The van der Waals surface area contributed by atoms with Gasteiger partial charge in [0, 0.05) is 30.4 Å². The fraction of sp³-hybridized carbons (Fsp3) is 0.643. The van der Waals surface area contributed by atoms with E-state index in [1.807, 2.05) is 0 Å². The average molecular weight is 276 g/mol. The Morgan fingerprint density at radius 3 is 2.75 bits per heavy atom. The molecule has 2 bridgehead atoms. The van der Waals surface area contributed by atoms with Crippen LogP contribution in [0.2, 0.25) is 0 Å². The molecule has 6 nitrogen and oxygen atoms in total. The normalized spacial score (nSPS) is 29.9. The van der Waals surface area contributed by atoms with Crippen LogP contribution in [0.5, 0.6) is 0 Å². The second-order valence-corrected chi connectivity index (χ2v) is 5.84. The highest BCUT2D eigenvalue weighted by molar-refractivity contribution is 5.55. The first-order valence-electron chi connectivity index (χ1n) is 7.23. The van der Waals surface area contributed by atoms with Gasteiger partial charge in [-0.05, 0) is 38.8 Å². The minimum absolute atomic E-state index is 0.0663. The van der Waals surface area contributed by atoms with Gasteiger partial charge >= 0.3 is 5.69 Å². The molecule has 6 heteroatoms. The highest BCUT2D eigenvalue weighted by Gasteiger charge is 2.36. The van der Waals surface area contributed by atoms with E-state index in [-0.39, 0.29) is 16.7 Å². The van der Waals surface area contributed by atoms with Gasteiger partial charge in [0.15, 0.2) is 0 Å². The van der Waals surface area contributed by atoms with Gasteiger partial charge in [0.2, 0.25) is 5.82 Å².